The van der Waals surface area contributed by atoms with Gasteiger partial charge in [0.15, 0.2) is 5.78 Å². The van der Waals surface area contributed by atoms with Crippen LogP contribution in [0.4, 0.5) is 0 Å². The van der Waals surface area contributed by atoms with Gasteiger partial charge in [-0.15, -0.1) is 11.8 Å². The molecule has 0 bridgehead atoms. The number of rotatable bonds is 5. The Morgan fingerprint density at radius 3 is 2.70 bits per heavy atom. The van der Waals surface area contributed by atoms with Crippen molar-refractivity contribution in [2.24, 2.45) is 0 Å². The number of hydrogen-bond acceptors (Lipinski definition) is 3. The fraction of sp³-hybridized carbons (Fsp3) is 0.188. The van der Waals surface area contributed by atoms with E-state index in [0.717, 1.165) is 16.0 Å². The summed E-state index contributed by atoms with van der Waals surface area (Å²) in [4.78, 5) is 13.4. The lowest BCUT2D eigenvalue weighted by atomic mass is 10.0. The zero-order valence-corrected chi connectivity index (χ0v) is 12.9. The molecule has 0 fully saturated rings. The van der Waals surface area contributed by atoms with E-state index in [2.05, 4.69) is 0 Å². The number of hydrogen-bond donors (Lipinski definition) is 0. The van der Waals surface area contributed by atoms with Gasteiger partial charge in [-0.05, 0) is 30.5 Å². The summed E-state index contributed by atoms with van der Waals surface area (Å²) in [6, 6.07) is 12.9. The van der Waals surface area contributed by atoms with Crippen molar-refractivity contribution in [2.45, 2.75) is 11.3 Å². The van der Waals surface area contributed by atoms with E-state index in [1.54, 1.807) is 37.1 Å². The second-order valence-electron chi connectivity index (χ2n) is 4.26. The van der Waals surface area contributed by atoms with E-state index in [0.29, 0.717) is 10.8 Å². The van der Waals surface area contributed by atoms with Gasteiger partial charge in [0, 0.05) is 27.5 Å². The Morgan fingerprint density at radius 2 is 2.00 bits per heavy atom. The molecule has 0 radical (unpaired) electrons. The van der Waals surface area contributed by atoms with Crippen molar-refractivity contribution in [3.8, 4) is 5.75 Å². The number of thioether (sulfide) groups is 1. The Hall–Kier alpha value is -1.45. The van der Waals surface area contributed by atoms with Gasteiger partial charge in [-0.2, -0.15) is 0 Å². The predicted molar refractivity (Wildman–Crippen MR) is 84.3 cm³/mol. The molecular weight excluding hydrogens is 292 g/mol. The molecule has 0 N–H and O–H groups in total. The van der Waals surface area contributed by atoms with Crippen molar-refractivity contribution >= 4 is 29.1 Å². The number of halogens is 1. The van der Waals surface area contributed by atoms with E-state index in [1.807, 2.05) is 30.5 Å². The summed E-state index contributed by atoms with van der Waals surface area (Å²) < 4.78 is 5.28. The monoisotopic (exact) mass is 306 g/mol. The van der Waals surface area contributed by atoms with Crippen LogP contribution in [0, 0.1) is 0 Å². The Morgan fingerprint density at radius 1 is 1.25 bits per heavy atom. The van der Waals surface area contributed by atoms with Crippen LogP contribution in [0.3, 0.4) is 0 Å². The van der Waals surface area contributed by atoms with Crippen LogP contribution in [0.15, 0.2) is 47.4 Å². The summed E-state index contributed by atoms with van der Waals surface area (Å²) in [7, 11) is 1.59. The molecule has 4 heteroatoms. The van der Waals surface area contributed by atoms with Crippen molar-refractivity contribution in [3.05, 3.63) is 58.6 Å². The van der Waals surface area contributed by atoms with Crippen molar-refractivity contribution in [2.75, 3.05) is 13.4 Å². The highest BCUT2D eigenvalue weighted by Crippen LogP contribution is 2.26. The quantitative estimate of drug-likeness (QED) is 0.601. The average Bonchev–Trinajstić information content (AvgIpc) is 2.47. The number of methoxy groups -OCH3 is 1. The number of Topliss-reactive ketones (excluding diaryl/α,β-unsaturated/α-hetero) is 1. The summed E-state index contributed by atoms with van der Waals surface area (Å²) in [6.07, 6.45) is 2.24. The van der Waals surface area contributed by atoms with E-state index in [1.165, 1.54) is 0 Å². The molecule has 2 rings (SSSR count). The minimum Gasteiger partial charge on any atom is -0.496 e. The van der Waals surface area contributed by atoms with Crippen LogP contribution in [-0.4, -0.2) is 19.1 Å². The van der Waals surface area contributed by atoms with Crippen LogP contribution in [0.5, 0.6) is 5.75 Å². The standard InChI is InChI=1S/C16H15ClO2S/c1-19-15-8-7-12(17)9-11(15)10-14(18)13-5-3-4-6-16(13)20-2/h3-9H,10H2,1-2H3. The molecule has 2 aromatic carbocycles. The van der Waals surface area contributed by atoms with Gasteiger partial charge in [0.2, 0.25) is 0 Å². The molecule has 2 aromatic rings. The lowest BCUT2D eigenvalue weighted by Gasteiger charge is -2.10. The van der Waals surface area contributed by atoms with E-state index in [4.69, 9.17) is 16.3 Å². The second kappa shape index (κ2) is 6.82. The average molecular weight is 307 g/mol. The van der Waals surface area contributed by atoms with Gasteiger partial charge >= 0.3 is 0 Å². The third kappa shape index (κ3) is 3.35. The maximum Gasteiger partial charge on any atom is 0.168 e. The SMILES string of the molecule is COc1ccc(Cl)cc1CC(=O)c1ccccc1SC. The molecule has 2 nitrogen and oxygen atoms in total. The van der Waals surface area contributed by atoms with Gasteiger partial charge in [-0.1, -0.05) is 29.8 Å². The predicted octanol–water partition coefficient (Wildman–Crippen LogP) is 4.50. The van der Waals surface area contributed by atoms with Gasteiger partial charge in [-0.3, -0.25) is 4.79 Å². The molecule has 0 amide bonds. The van der Waals surface area contributed by atoms with E-state index in [9.17, 15) is 4.79 Å². The summed E-state index contributed by atoms with van der Waals surface area (Å²) >= 11 is 7.56. The highest BCUT2D eigenvalue weighted by Gasteiger charge is 2.14. The van der Waals surface area contributed by atoms with Crippen LogP contribution >= 0.6 is 23.4 Å². The maximum absolute atomic E-state index is 12.5. The van der Waals surface area contributed by atoms with E-state index < -0.39 is 0 Å². The molecule has 0 atom stereocenters. The maximum atomic E-state index is 12.5. The molecule has 0 unspecified atom stereocenters. The Kier molecular flexibility index (Phi) is 5.10. The molecule has 0 aliphatic rings. The van der Waals surface area contributed by atoms with Crippen molar-refractivity contribution in [1.29, 1.82) is 0 Å². The van der Waals surface area contributed by atoms with Gasteiger partial charge in [-0.25, -0.2) is 0 Å². The van der Waals surface area contributed by atoms with E-state index in [-0.39, 0.29) is 12.2 Å². The van der Waals surface area contributed by atoms with Gasteiger partial charge in [0.05, 0.1) is 7.11 Å². The number of ketones is 1. The molecular formula is C16H15ClO2S. The first-order chi connectivity index (χ1) is 9.65. The first-order valence-electron chi connectivity index (χ1n) is 6.14. The normalized spacial score (nSPS) is 10.3. The van der Waals surface area contributed by atoms with Crippen molar-refractivity contribution < 1.29 is 9.53 Å². The number of benzene rings is 2. The summed E-state index contributed by atoms with van der Waals surface area (Å²) in [5.41, 5.74) is 1.54. The van der Waals surface area contributed by atoms with Gasteiger partial charge in [0.25, 0.3) is 0 Å². The lowest BCUT2D eigenvalue weighted by molar-refractivity contribution is 0.0989. The summed E-state index contributed by atoms with van der Waals surface area (Å²) in [5.74, 6) is 0.750. The third-order valence-corrected chi connectivity index (χ3v) is 4.03. The Balaban J connectivity index is 2.30. The Bertz CT molecular complexity index is 626. The zero-order chi connectivity index (χ0) is 14.5. The van der Waals surface area contributed by atoms with Gasteiger partial charge in [0.1, 0.15) is 5.75 Å². The van der Waals surface area contributed by atoms with Crippen LogP contribution in [0.2, 0.25) is 5.02 Å². The summed E-state index contributed by atoms with van der Waals surface area (Å²) in [5, 5.41) is 0.603. The van der Waals surface area contributed by atoms with Crippen molar-refractivity contribution in [1.82, 2.24) is 0 Å². The number of carbonyl (C=O) groups is 1. The zero-order valence-electron chi connectivity index (χ0n) is 11.4. The number of carbonyl (C=O) groups excluding carboxylic acids is 1. The Labute approximate surface area is 128 Å². The first kappa shape index (κ1) is 14.9. The van der Waals surface area contributed by atoms with Crippen LogP contribution in [-0.2, 0) is 6.42 Å². The fourth-order valence-corrected chi connectivity index (χ4v) is 2.84. The summed E-state index contributed by atoms with van der Waals surface area (Å²) in [6.45, 7) is 0. The number of ether oxygens (including phenoxy) is 1. The second-order valence-corrected chi connectivity index (χ2v) is 5.54. The molecule has 0 spiro atoms. The topological polar surface area (TPSA) is 26.3 Å². The molecule has 104 valence electrons. The van der Waals surface area contributed by atoms with Crippen LogP contribution < -0.4 is 4.74 Å². The molecule has 0 aliphatic heterocycles. The molecule has 0 saturated carbocycles. The smallest absolute Gasteiger partial charge is 0.168 e. The van der Waals surface area contributed by atoms with Gasteiger partial charge < -0.3 is 4.74 Å². The van der Waals surface area contributed by atoms with Crippen molar-refractivity contribution in [3.63, 3.8) is 0 Å². The highest BCUT2D eigenvalue weighted by atomic mass is 35.5. The minimum atomic E-state index is 0.0653. The van der Waals surface area contributed by atoms with E-state index >= 15 is 0 Å². The largest absolute Gasteiger partial charge is 0.496 e. The molecule has 0 aliphatic carbocycles. The molecule has 20 heavy (non-hydrogen) atoms. The molecule has 0 heterocycles. The molecule has 0 saturated heterocycles. The molecule has 0 aromatic heterocycles. The third-order valence-electron chi connectivity index (χ3n) is 3.00. The lowest BCUT2D eigenvalue weighted by Crippen LogP contribution is -2.06. The minimum absolute atomic E-state index is 0.0653. The fourth-order valence-electron chi connectivity index (χ4n) is 2.03. The highest BCUT2D eigenvalue weighted by molar-refractivity contribution is 7.98. The first-order valence-corrected chi connectivity index (χ1v) is 7.74. The van der Waals surface area contributed by atoms with Crippen LogP contribution in [0.25, 0.3) is 0 Å². The van der Waals surface area contributed by atoms with Crippen LogP contribution in [0.1, 0.15) is 15.9 Å².